The van der Waals surface area contributed by atoms with Crippen molar-refractivity contribution in [1.82, 2.24) is 0 Å². The third kappa shape index (κ3) is 1.63. The van der Waals surface area contributed by atoms with Gasteiger partial charge in [0.05, 0.1) is 4.92 Å². The van der Waals surface area contributed by atoms with Crippen LogP contribution in [-0.4, -0.2) is 4.92 Å². The summed E-state index contributed by atoms with van der Waals surface area (Å²) in [6, 6.07) is 0. The summed E-state index contributed by atoms with van der Waals surface area (Å²) >= 11 is 15.6. The minimum atomic E-state index is -1.54. The molecule has 3 nitrogen and oxygen atoms in total. The van der Waals surface area contributed by atoms with E-state index in [1.54, 1.807) is 0 Å². The zero-order valence-electron chi connectivity index (χ0n) is 6.15. The number of nitrogens with zero attached hydrogens (tertiary/aromatic N) is 1. The molecular weight excluding hydrogens is 262 g/mol. The molecule has 0 aliphatic carbocycles. The molecule has 0 saturated heterocycles. The van der Waals surface area contributed by atoms with E-state index in [0.29, 0.717) is 0 Å². The molecule has 1 aromatic rings. The van der Waals surface area contributed by atoms with Gasteiger partial charge >= 0.3 is 5.69 Å². The number of halogens is 5. The Morgan fingerprint density at radius 3 is 1.93 bits per heavy atom. The lowest BCUT2D eigenvalue weighted by molar-refractivity contribution is -0.387. The summed E-state index contributed by atoms with van der Waals surface area (Å²) in [5.74, 6) is -2.86. The van der Waals surface area contributed by atoms with Crippen molar-refractivity contribution in [3.63, 3.8) is 0 Å². The molecule has 14 heavy (non-hydrogen) atoms. The fourth-order valence-electron chi connectivity index (χ4n) is 0.754. The Morgan fingerprint density at radius 2 is 1.50 bits per heavy atom. The van der Waals surface area contributed by atoms with E-state index < -0.39 is 37.3 Å². The molecule has 0 N–H and O–H groups in total. The smallest absolute Gasteiger partial charge is 0.258 e. The van der Waals surface area contributed by atoms with E-state index in [1.807, 2.05) is 0 Å². The average molecular weight is 262 g/mol. The molecule has 0 aliphatic rings. The van der Waals surface area contributed by atoms with Gasteiger partial charge in [0.2, 0.25) is 5.82 Å². The molecule has 1 rings (SSSR count). The first-order valence-electron chi connectivity index (χ1n) is 3.03. The van der Waals surface area contributed by atoms with Crippen LogP contribution in [0.4, 0.5) is 14.5 Å². The monoisotopic (exact) mass is 261 g/mol. The summed E-state index contributed by atoms with van der Waals surface area (Å²) in [5, 5.41) is 7.67. The van der Waals surface area contributed by atoms with Crippen LogP contribution >= 0.6 is 34.8 Å². The first-order valence-corrected chi connectivity index (χ1v) is 4.17. The molecule has 0 bridgehead atoms. The predicted molar refractivity (Wildman–Crippen MR) is 48.0 cm³/mol. The maximum Gasteiger partial charge on any atom is 0.326 e. The first kappa shape index (κ1) is 11.4. The topological polar surface area (TPSA) is 43.1 Å². The quantitative estimate of drug-likeness (QED) is 0.334. The molecular formula is C6Cl3F2NO2. The summed E-state index contributed by atoms with van der Waals surface area (Å²) in [4.78, 5) is 9.17. The normalized spacial score (nSPS) is 10.4. The highest BCUT2D eigenvalue weighted by Crippen LogP contribution is 2.40. The molecule has 0 amide bonds. The van der Waals surface area contributed by atoms with Crippen LogP contribution in [0.1, 0.15) is 0 Å². The van der Waals surface area contributed by atoms with Crippen LogP contribution in [0.2, 0.25) is 15.1 Å². The van der Waals surface area contributed by atoms with Gasteiger partial charge < -0.3 is 0 Å². The third-order valence-corrected chi connectivity index (χ3v) is 2.52. The minimum absolute atomic E-state index is 0.773. The summed E-state index contributed by atoms with van der Waals surface area (Å²) in [6.07, 6.45) is 0. The fraction of sp³-hybridized carbons (Fsp3) is 0. The number of benzene rings is 1. The lowest BCUT2D eigenvalue weighted by atomic mass is 10.3. The predicted octanol–water partition coefficient (Wildman–Crippen LogP) is 3.83. The van der Waals surface area contributed by atoms with Crippen LogP contribution in [0.25, 0.3) is 0 Å². The van der Waals surface area contributed by atoms with Gasteiger partial charge in [-0.25, -0.2) is 4.39 Å². The third-order valence-electron chi connectivity index (χ3n) is 1.37. The van der Waals surface area contributed by atoms with Crippen LogP contribution in [0.5, 0.6) is 0 Å². The molecule has 0 saturated carbocycles. The van der Waals surface area contributed by atoms with Crippen LogP contribution < -0.4 is 0 Å². The summed E-state index contributed by atoms with van der Waals surface area (Å²) in [5.41, 5.74) is -1.14. The van der Waals surface area contributed by atoms with Gasteiger partial charge in [0, 0.05) is 0 Å². The Balaban J connectivity index is 3.68. The highest BCUT2D eigenvalue weighted by molar-refractivity contribution is 6.44. The van der Waals surface area contributed by atoms with Crippen LogP contribution in [0.15, 0.2) is 0 Å². The van der Waals surface area contributed by atoms with Crippen molar-refractivity contribution >= 4 is 40.5 Å². The van der Waals surface area contributed by atoms with Gasteiger partial charge in [-0.3, -0.25) is 10.1 Å². The van der Waals surface area contributed by atoms with Gasteiger partial charge in [0.25, 0.3) is 0 Å². The van der Waals surface area contributed by atoms with Gasteiger partial charge in [0.1, 0.15) is 15.1 Å². The fourth-order valence-corrected chi connectivity index (χ4v) is 1.40. The Hall–Kier alpha value is -0.650. The number of hydrogen-bond acceptors (Lipinski definition) is 2. The van der Waals surface area contributed by atoms with Crippen molar-refractivity contribution in [2.45, 2.75) is 0 Å². The molecule has 0 fully saturated rings. The molecule has 0 unspecified atom stereocenters. The second kappa shape index (κ2) is 3.84. The van der Waals surface area contributed by atoms with Gasteiger partial charge in [-0.1, -0.05) is 34.8 Å². The molecule has 0 heterocycles. The van der Waals surface area contributed by atoms with Crippen LogP contribution in [0, 0.1) is 21.7 Å². The average Bonchev–Trinajstić information content (AvgIpc) is 2.11. The Labute approximate surface area is 91.3 Å². The van der Waals surface area contributed by atoms with E-state index >= 15 is 0 Å². The van der Waals surface area contributed by atoms with Gasteiger partial charge in [-0.05, 0) is 0 Å². The van der Waals surface area contributed by atoms with E-state index in [-0.39, 0.29) is 0 Å². The van der Waals surface area contributed by atoms with E-state index in [4.69, 9.17) is 34.8 Å². The largest absolute Gasteiger partial charge is 0.326 e. The Kier molecular flexibility index (Phi) is 3.14. The van der Waals surface area contributed by atoms with E-state index in [9.17, 15) is 18.9 Å². The number of hydrogen-bond donors (Lipinski definition) is 0. The molecule has 0 radical (unpaired) electrons. The number of nitro groups is 1. The molecule has 0 aromatic heterocycles. The highest BCUT2D eigenvalue weighted by Gasteiger charge is 2.29. The second-order valence-electron chi connectivity index (χ2n) is 2.18. The highest BCUT2D eigenvalue weighted by atomic mass is 35.5. The van der Waals surface area contributed by atoms with Crippen molar-refractivity contribution < 1.29 is 13.7 Å². The second-order valence-corrected chi connectivity index (χ2v) is 3.31. The zero-order chi connectivity index (χ0) is 11.0. The van der Waals surface area contributed by atoms with Crippen molar-refractivity contribution in [3.8, 4) is 0 Å². The molecule has 76 valence electrons. The SMILES string of the molecule is O=[N+]([O-])c1c(F)c(Cl)c(F)c(Cl)c1Cl. The maximum absolute atomic E-state index is 13.0. The number of nitro benzene ring substituents is 1. The Bertz CT molecular complexity index is 395. The van der Waals surface area contributed by atoms with Gasteiger partial charge in [-0.2, -0.15) is 4.39 Å². The van der Waals surface area contributed by atoms with Crippen molar-refractivity contribution in [2.24, 2.45) is 0 Å². The lowest BCUT2D eigenvalue weighted by Gasteiger charge is -2.03. The molecule has 0 aliphatic heterocycles. The van der Waals surface area contributed by atoms with Crippen molar-refractivity contribution in [3.05, 3.63) is 36.8 Å². The molecule has 1 aromatic carbocycles. The zero-order valence-corrected chi connectivity index (χ0v) is 8.42. The van der Waals surface area contributed by atoms with E-state index in [2.05, 4.69) is 0 Å². The minimum Gasteiger partial charge on any atom is -0.258 e. The molecule has 0 atom stereocenters. The van der Waals surface area contributed by atoms with E-state index in [1.165, 1.54) is 0 Å². The van der Waals surface area contributed by atoms with Gasteiger partial charge in [0.15, 0.2) is 5.82 Å². The lowest BCUT2D eigenvalue weighted by Crippen LogP contribution is -1.97. The summed E-state index contributed by atoms with van der Waals surface area (Å²) in [6.45, 7) is 0. The standard InChI is InChI=1S/C6Cl3F2NO2/c7-1-2(8)6(12(13)14)5(11)3(9)4(1)10. The molecule has 0 spiro atoms. The summed E-state index contributed by atoms with van der Waals surface area (Å²) in [7, 11) is 0. The first-order chi connectivity index (χ1) is 6.37. The Morgan fingerprint density at radius 1 is 1.00 bits per heavy atom. The van der Waals surface area contributed by atoms with Crippen molar-refractivity contribution in [2.75, 3.05) is 0 Å². The maximum atomic E-state index is 13.0. The van der Waals surface area contributed by atoms with Gasteiger partial charge in [-0.15, -0.1) is 0 Å². The number of rotatable bonds is 1. The molecule has 8 heteroatoms. The van der Waals surface area contributed by atoms with E-state index in [0.717, 1.165) is 0 Å². The van der Waals surface area contributed by atoms with Crippen molar-refractivity contribution in [1.29, 1.82) is 0 Å². The van der Waals surface area contributed by atoms with Crippen LogP contribution in [-0.2, 0) is 0 Å². The summed E-state index contributed by atoms with van der Waals surface area (Å²) < 4.78 is 25.9. The van der Waals surface area contributed by atoms with Crippen LogP contribution in [0.3, 0.4) is 0 Å².